The lowest BCUT2D eigenvalue weighted by molar-refractivity contribution is -0.118. The van der Waals surface area contributed by atoms with E-state index in [4.69, 9.17) is 5.73 Å². The third-order valence-electron chi connectivity index (χ3n) is 3.60. The summed E-state index contributed by atoms with van der Waals surface area (Å²) in [4.78, 5) is 14.2. The van der Waals surface area contributed by atoms with E-state index in [1.54, 1.807) is 0 Å². The van der Waals surface area contributed by atoms with Gasteiger partial charge in [0.25, 0.3) is 0 Å². The number of nitrogens with two attached hydrogens (primary N) is 1. The summed E-state index contributed by atoms with van der Waals surface area (Å²) in [6, 6.07) is 3.96. The molecule has 3 N–H and O–H groups in total. The molecule has 4 nitrogen and oxygen atoms in total. The van der Waals surface area contributed by atoms with Crippen LogP contribution in [0.3, 0.4) is 0 Å². The predicted octanol–water partition coefficient (Wildman–Crippen LogP) is 2.77. The molecular weight excluding hydrogens is 238 g/mol. The second-order valence-electron chi connectivity index (χ2n) is 5.56. The zero-order valence-corrected chi connectivity index (χ0v) is 12.0. The molecule has 0 aromatic heterocycles. The molecule has 0 saturated carbocycles. The number of carbonyl (C=O) groups excluding carboxylic acids is 1. The highest BCUT2D eigenvalue weighted by atomic mass is 16.1. The molecule has 0 aliphatic carbocycles. The summed E-state index contributed by atoms with van der Waals surface area (Å²) < 4.78 is 0. The number of nitrogen functional groups attached to an aromatic ring is 1. The van der Waals surface area contributed by atoms with Gasteiger partial charge in [0.1, 0.15) is 0 Å². The second-order valence-corrected chi connectivity index (χ2v) is 5.56. The smallest absolute Gasteiger partial charge is 0.226 e. The standard InChI is InChI=1S/C15H23N3O/c1-10(2)15(19)17-13-9-14(11(3)8-12(13)16)18-6-4-5-7-18/h8-10H,4-7,16H2,1-3H3,(H,17,19). The molecule has 1 aliphatic heterocycles. The van der Waals surface area contributed by atoms with Gasteiger partial charge in [0.2, 0.25) is 5.91 Å². The second kappa shape index (κ2) is 5.51. The van der Waals surface area contributed by atoms with Crippen molar-refractivity contribution in [2.75, 3.05) is 29.0 Å². The molecule has 104 valence electrons. The Morgan fingerprint density at radius 3 is 2.53 bits per heavy atom. The number of rotatable bonds is 3. The first kappa shape index (κ1) is 13.7. The Bertz CT molecular complexity index is 477. The van der Waals surface area contributed by atoms with Crippen molar-refractivity contribution in [1.82, 2.24) is 0 Å². The van der Waals surface area contributed by atoms with Gasteiger partial charge in [0.15, 0.2) is 0 Å². The first-order chi connectivity index (χ1) is 8.99. The lowest BCUT2D eigenvalue weighted by Gasteiger charge is -2.22. The molecule has 1 aromatic carbocycles. The number of nitrogens with zero attached hydrogens (tertiary/aromatic N) is 1. The first-order valence-corrected chi connectivity index (χ1v) is 6.95. The van der Waals surface area contributed by atoms with Crippen molar-refractivity contribution in [1.29, 1.82) is 0 Å². The van der Waals surface area contributed by atoms with Crippen LogP contribution >= 0.6 is 0 Å². The number of hydrogen-bond acceptors (Lipinski definition) is 3. The van der Waals surface area contributed by atoms with Crippen LogP contribution in [0.25, 0.3) is 0 Å². The van der Waals surface area contributed by atoms with E-state index in [0.717, 1.165) is 18.8 Å². The molecule has 1 heterocycles. The van der Waals surface area contributed by atoms with Gasteiger partial charge in [-0.1, -0.05) is 13.8 Å². The van der Waals surface area contributed by atoms with Gasteiger partial charge in [-0.25, -0.2) is 0 Å². The van der Waals surface area contributed by atoms with E-state index in [-0.39, 0.29) is 11.8 Å². The fraction of sp³-hybridized carbons (Fsp3) is 0.533. The topological polar surface area (TPSA) is 58.4 Å². The number of benzene rings is 1. The zero-order valence-electron chi connectivity index (χ0n) is 12.0. The monoisotopic (exact) mass is 261 g/mol. The van der Waals surface area contributed by atoms with E-state index in [1.165, 1.54) is 24.1 Å². The SMILES string of the molecule is Cc1cc(N)c(NC(=O)C(C)C)cc1N1CCCC1. The van der Waals surface area contributed by atoms with Crippen LogP contribution in [-0.2, 0) is 4.79 Å². The number of aryl methyl sites for hydroxylation is 1. The molecule has 1 amide bonds. The number of carbonyl (C=O) groups is 1. The van der Waals surface area contributed by atoms with Crippen molar-refractivity contribution in [3.8, 4) is 0 Å². The minimum atomic E-state index is -0.0454. The van der Waals surface area contributed by atoms with Gasteiger partial charge < -0.3 is 16.0 Å². The Morgan fingerprint density at radius 1 is 1.32 bits per heavy atom. The molecule has 0 unspecified atom stereocenters. The highest BCUT2D eigenvalue weighted by Gasteiger charge is 2.17. The van der Waals surface area contributed by atoms with Crippen molar-refractivity contribution in [2.45, 2.75) is 33.6 Å². The van der Waals surface area contributed by atoms with Crippen LogP contribution in [-0.4, -0.2) is 19.0 Å². The highest BCUT2D eigenvalue weighted by Crippen LogP contribution is 2.31. The number of amides is 1. The third kappa shape index (κ3) is 3.00. The maximum absolute atomic E-state index is 11.8. The van der Waals surface area contributed by atoms with Crippen LogP contribution in [0.2, 0.25) is 0 Å². The van der Waals surface area contributed by atoms with Gasteiger partial charge >= 0.3 is 0 Å². The first-order valence-electron chi connectivity index (χ1n) is 6.95. The van der Waals surface area contributed by atoms with Crippen molar-refractivity contribution >= 4 is 23.0 Å². The summed E-state index contributed by atoms with van der Waals surface area (Å²) in [5.41, 5.74) is 9.72. The normalized spacial score (nSPS) is 15.1. The fourth-order valence-corrected chi connectivity index (χ4v) is 2.40. The Kier molecular flexibility index (Phi) is 3.98. The van der Waals surface area contributed by atoms with Crippen molar-refractivity contribution in [3.05, 3.63) is 17.7 Å². The summed E-state index contributed by atoms with van der Waals surface area (Å²) in [5, 5.41) is 2.91. The van der Waals surface area contributed by atoms with Gasteiger partial charge in [-0.3, -0.25) is 4.79 Å². The van der Waals surface area contributed by atoms with Gasteiger partial charge in [-0.2, -0.15) is 0 Å². The van der Waals surface area contributed by atoms with E-state index in [0.29, 0.717) is 5.69 Å². The van der Waals surface area contributed by atoms with E-state index in [1.807, 2.05) is 26.0 Å². The summed E-state index contributed by atoms with van der Waals surface area (Å²) in [5.74, 6) is -0.0427. The summed E-state index contributed by atoms with van der Waals surface area (Å²) in [6.07, 6.45) is 2.47. The number of nitrogens with one attached hydrogen (secondary N) is 1. The minimum Gasteiger partial charge on any atom is -0.397 e. The molecule has 1 saturated heterocycles. The van der Waals surface area contributed by atoms with E-state index in [9.17, 15) is 4.79 Å². The van der Waals surface area contributed by atoms with Crippen LogP contribution in [0, 0.1) is 12.8 Å². The molecule has 2 rings (SSSR count). The Hall–Kier alpha value is -1.71. The Morgan fingerprint density at radius 2 is 1.95 bits per heavy atom. The average Bonchev–Trinajstić information content (AvgIpc) is 2.85. The van der Waals surface area contributed by atoms with Crippen LogP contribution < -0.4 is 16.0 Å². The molecule has 19 heavy (non-hydrogen) atoms. The summed E-state index contributed by atoms with van der Waals surface area (Å²) in [6.45, 7) is 7.99. The van der Waals surface area contributed by atoms with Gasteiger partial charge in [-0.05, 0) is 37.5 Å². The summed E-state index contributed by atoms with van der Waals surface area (Å²) >= 11 is 0. The Balaban J connectivity index is 2.28. The molecule has 1 fully saturated rings. The lowest BCUT2D eigenvalue weighted by atomic mass is 10.1. The van der Waals surface area contributed by atoms with Gasteiger partial charge in [-0.15, -0.1) is 0 Å². The van der Waals surface area contributed by atoms with E-state index in [2.05, 4.69) is 17.1 Å². The molecule has 1 aliphatic rings. The molecule has 1 aromatic rings. The number of anilines is 3. The molecular formula is C15H23N3O. The van der Waals surface area contributed by atoms with E-state index < -0.39 is 0 Å². The van der Waals surface area contributed by atoms with Crippen molar-refractivity contribution in [2.24, 2.45) is 5.92 Å². The third-order valence-corrected chi connectivity index (χ3v) is 3.60. The molecule has 4 heteroatoms. The molecule has 0 radical (unpaired) electrons. The van der Waals surface area contributed by atoms with Crippen LogP contribution in [0.5, 0.6) is 0 Å². The maximum atomic E-state index is 11.8. The van der Waals surface area contributed by atoms with Gasteiger partial charge in [0, 0.05) is 24.7 Å². The highest BCUT2D eigenvalue weighted by molar-refractivity contribution is 5.96. The molecule has 0 bridgehead atoms. The van der Waals surface area contributed by atoms with Crippen LogP contribution in [0.1, 0.15) is 32.3 Å². The van der Waals surface area contributed by atoms with Crippen molar-refractivity contribution in [3.63, 3.8) is 0 Å². The quantitative estimate of drug-likeness (QED) is 0.823. The molecule has 0 atom stereocenters. The van der Waals surface area contributed by atoms with Crippen molar-refractivity contribution < 1.29 is 4.79 Å². The minimum absolute atomic E-state index is 0.00271. The zero-order chi connectivity index (χ0) is 14.0. The average molecular weight is 261 g/mol. The van der Waals surface area contributed by atoms with Crippen LogP contribution in [0.15, 0.2) is 12.1 Å². The fourth-order valence-electron chi connectivity index (χ4n) is 2.40. The maximum Gasteiger partial charge on any atom is 0.226 e. The van der Waals surface area contributed by atoms with Crippen LogP contribution in [0.4, 0.5) is 17.1 Å². The Labute approximate surface area is 115 Å². The lowest BCUT2D eigenvalue weighted by Crippen LogP contribution is -2.21. The molecule has 0 spiro atoms. The number of hydrogen-bond donors (Lipinski definition) is 2. The largest absolute Gasteiger partial charge is 0.397 e. The predicted molar refractivity (Wildman–Crippen MR) is 80.5 cm³/mol. The van der Waals surface area contributed by atoms with E-state index >= 15 is 0 Å². The summed E-state index contributed by atoms with van der Waals surface area (Å²) in [7, 11) is 0. The van der Waals surface area contributed by atoms with Gasteiger partial charge in [0.05, 0.1) is 11.4 Å².